The molecule has 0 saturated carbocycles. The fourth-order valence-corrected chi connectivity index (χ4v) is 3.77. The first-order valence-electron chi connectivity index (χ1n) is 6.75. The first kappa shape index (κ1) is 17.3. The Bertz CT molecular complexity index is 891. The molecule has 0 aliphatic rings. The van der Waals surface area contributed by atoms with E-state index in [2.05, 4.69) is 4.72 Å². The van der Waals surface area contributed by atoms with Crippen LogP contribution in [0.2, 0.25) is 5.02 Å². The van der Waals surface area contributed by atoms with Gasteiger partial charge in [0.2, 0.25) is 0 Å². The van der Waals surface area contributed by atoms with Crippen LogP contribution in [0.5, 0.6) is 0 Å². The Morgan fingerprint density at radius 2 is 1.74 bits per heavy atom. The smallest absolute Gasteiger partial charge is 0.335 e. The summed E-state index contributed by atoms with van der Waals surface area (Å²) in [6.45, 7) is 5.06. The van der Waals surface area contributed by atoms with Crippen LogP contribution < -0.4 is 4.72 Å². The number of benzene rings is 2. The van der Waals surface area contributed by atoms with Crippen LogP contribution in [0.1, 0.15) is 27.0 Å². The molecule has 122 valence electrons. The third-order valence-corrected chi connectivity index (χ3v) is 5.33. The summed E-state index contributed by atoms with van der Waals surface area (Å²) in [6.07, 6.45) is 0. The SMILES string of the molecule is Cc1ccc(Cl)cc1NS(=O)(=O)c1cc(C(=O)O)cc(C)c1C. The predicted octanol–water partition coefficient (Wildman–Crippen LogP) is 3.76. The lowest BCUT2D eigenvalue weighted by Crippen LogP contribution is -2.16. The van der Waals surface area contributed by atoms with Crippen LogP contribution >= 0.6 is 11.6 Å². The quantitative estimate of drug-likeness (QED) is 0.876. The van der Waals surface area contributed by atoms with Crippen molar-refractivity contribution in [2.75, 3.05) is 4.72 Å². The fourth-order valence-electron chi connectivity index (χ4n) is 2.13. The molecule has 0 saturated heterocycles. The van der Waals surface area contributed by atoms with Gasteiger partial charge in [0.15, 0.2) is 0 Å². The van der Waals surface area contributed by atoms with Gasteiger partial charge in [-0.1, -0.05) is 17.7 Å². The number of aromatic carboxylic acids is 1. The number of carboxylic acids is 1. The Hall–Kier alpha value is -2.05. The van der Waals surface area contributed by atoms with Gasteiger partial charge in [0, 0.05) is 5.02 Å². The second-order valence-corrected chi connectivity index (χ2v) is 7.37. The fraction of sp³-hybridized carbons (Fsp3) is 0.188. The van der Waals surface area contributed by atoms with Crippen molar-refractivity contribution < 1.29 is 18.3 Å². The third-order valence-electron chi connectivity index (χ3n) is 3.60. The van der Waals surface area contributed by atoms with E-state index in [9.17, 15) is 13.2 Å². The molecule has 0 aliphatic heterocycles. The van der Waals surface area contributed by atoms with Gasteiger partial charge < -0.3 is 5.11 Å². The second-order valence-electron chi connectivity index (χ2n) is 5.29. The van der Waals surface area contributed by atoms with Gasteiger partial charge in [-0.2, -0.15) is 0 Å². The van der Waals surface area contributed by atoms with Crippen molar-refractivity contribution in [3.63, 3.8) is 0 Å². The van der Waals surface area contributed by atoms with Crippen molar-refractivity contribution in [3.8, 4) is 0 Å². The van der Waals surface area contributed by atoms with Crippen molar-refractivity contribution in [2.45, 2.75) is 25.7 Å². The number of hydrogen-bond acceptors (Lipinski definition) is 3. The molecule has 0 aliphatic carbocycles. The molecule has 0 fully saturated rings. The number of aryl methyl sites for hydroxylation is 2. The van der Waals surface area contributed by atoms with Crippen LogP contribution in [0.15, 0.2) is 35.2 Å². The van der Waals surface area contributed by atoms with E-state index in [1.165, 1.54) is 12.1 Å². The van der Waals surface area contributed by atoms with E-state index in [4.69, 9.17) is 16.7 Å². The molecule has 2 aromatic rings. The molecule has 0 atom stereocenters. The number of halogens is 1. The first-order chi connectivity index (χ1) is 10.6. The summed E-state index contributed by atoms with van der Waals surface area (Å²) >= 11 is 5.90. The minimum Gasteiger partial charge on any atom is -0.478 e. The zero-order valence-electron chi connectivity index (χ0n) is 12.8. The van der Waals surface area contributed by atoms with Gasteiger partial charge in [0.05, 0.1) is 16.1 Å². The molecule has 2 aromatic carbocycles. The van der Waals surface area contributed by atoms with Gasteiger partial charge in [0.1, 0.15) is 0 Å². The molecular formula is C16H16ClNO4S. The molecular weight excluding hydrogens is 338 g/mol. The predicted molar refractivity (Wildman–Crippen MR) is 89.9 cm³/mol. The molecule has 0 amide bonds. The van der Waals surface area contributed by atoms with Crippen molar-refractivity contribution in [3.05, 3.63) is 57.6 Å². The summed E-state index contributed by atoms with van der Waals surface area (Å²) in [7, 11) is -3.93. The number of rotatable bonds is 4. The number of carbonyl (C=O) groups is 1. The first-order valence-corrected chi connectivity index (χ1v) is 8.61. The van der Waals surface area contributed by atoms with E-state index in [0.717, 1.165) is 6.07 Å². The highest BCUT2D eigenvalue weighted by atomic mass is 35.5. The van der Waals surface area contributed by atoms with Crippen LogP contribution in [0.25, 0.3) is 0 Å². The van der Waals surface area contributed by atoms with Gasteiger partial charge in [-0.05, 0) is 61.7 Å². The van der Waals surface area contributed by atoms with Crippen molar-refractivity contribution >= 4 is 33.3 Å². The standard InChI is InChI=1S/C16H16ClNO4S/c1-9-4-5-13(17)8-14(9)18-23(21,22)15-7-12(16(19)20)6-10(2)11(15)3/h4-8,18H,1-3H3,(H,19,20). The van der Waals surface area contributed by atoms with Crippen LogP contribution in [0, 0.1) is 20.8 Å². The zero-order chi connectivity index (χ0) is 17.4. The highest BCUT2D eigenvalue weighted by molar-refractivity contribution is 7.92. The van der Waals surface area contributed by atoms with Gasteiger partial charge in [0.25, 0.3) is 10.0 Å². The zero-order valence-corrected chi connectivity index (χ0v) is 14.4. The summed E-state index contributed by atoms with van der Waals surface area (Å²) in [6, 6.07) is 7.48. The molecule has 0 bridgehead atoms. The Morgan fingerprint density at radius 3 is 2.35 bits per heavy atom. The molecule has 5 nitrogen and oxygen atoms in total. The topological polar surface area (TPSA) is 83.5 Å². The average Bonchev–Trinajstić information content (AvgIpc) is 2.44. The maximum Gasteiger partial charge on any atom is 0.335 e. The monoisotopic (exact) mass is 353 g/mol. The number of hydrogen-bond donors (Lipinski definition) is 2. The maximum absolute atomic E-state index is 12.7. The Kier molecular flexibility index (Phi) is 4.68. The van der Waals surface area contributed by atoms with E-state index in [-0.39, 0.29) is 10.5 Å². The summed E-state index contributed by atoms with van der Waals surface area (Å²) < 4.78 is 27.8. The lowest BCUT2D eigenvalue weighted by atomic mass is 10.1. The van der Waals surface area contributed by atoms with Gasteiger partial charge in [-0.3, -0.25) is 4.72 Å². The van der Waals surface area contributed by atoms with Gasteiger partial charge >= 0.3 is 5.97 Å². The lowest BCUT2D eigenvalue weighted by molar-refractivity contribution is 0.0696. The van der Waals surface area contributed by atoms with E-state index in [0.29, 0.717) is 27.4 Å². The summed E-state index contributed by atoms with van der Waals surface area (Å²) in [5, 5.41) is 9.53. The molecule has 0 aromatic heterocycles. The van der Waals surface area contributed by atoms with Crippen LogP contribution in [0.4, 0.5) is 5.69 Å². The minimum absolute atomic E-state index is 0.0609. The molecule has 23 heavy (non-hydrogen) atoms. The Balaban J connectivity index is 2.56. The second kappa shape index (κ2) is 6.22. The number of sulfonamides is 1. The highest BCUT2D eigenvalue weighted by Gasteiger charge is 2.21. The van der Waals surface area contributed by atoms with E-state index < -0.39 is 16.0 Å². The molecule has 0 spiro atoms. The molecule has 2 N–H and O–H groups in total. The number of nitrogens with one attached hydrogen (secondary N) is 1. The minimum atomic E-state index is -3.93. The van der Waals surface area contributed by atoms with Crippen LogP contribution in [0.3, 0.4) is 0 Å². The van der Waals surface area contributed by atoms with E-state index in [1.807, 2.05) is 0 Å². The van der Waals surface area contributed by atoms with Crippen molar-refractivity contribution in [1.29, 1.82) is 0 Å². The molecule has 0 unspecified atom stereocenters. The molecule has 0 radical (unpaired) electrons. The Morgan fingerprint density at radius 1 is 1.09 bits per heavy atom. The van der Waals surface area contributed by atoms with E-state index in [1.54, 1.807) is 32.9 Å². The largest absolute Gasteiger partial charge is 0.478 e. The van der Waals surface area contributed by atoms with Gasteiger partial charge in [-0.25, -0.2) is 13.2 Å². The van der Waals surface area contributed by atoms with Gasteiger partial charge in [-0.15, -0.1) is 0 Å². The number of carboxylic acid groups (broad SMARTS) is 1. The molecule has 7 heteroatoms. The normalized spacial score (nSPS) is 11.3. The number of anilines is 1. The summed E-state index contributed by atoms with van der Waals surface area (Å²) in [5.74, 6) is -1.18. The Labute approximate surface area is 140 Å². The van der Waals surface area contributed by atoms with Crippen molar-refractivity contribution in [2.24, 2.45) is 0 Å². The van der Waals surface area contributed by atoms with E-state index >= 15 is 0 Å². The lowest BCUT2D eigenvalue weighted by Gasteiger charge is -2.14. The van der Waals surface area contributed by atoms with Crippen LogP contribution in [-0.2, 0) is 10.0 Å². The summed E-state index contributed by atoms with van der Waals surface area (Å²) in [5.41, 5.74) is 2.09. The van der Waals surface area contributed by atoms with Crippen molar-refractivity contribution in [1.82, 2.24) is 0 Å². The summed E-state index contributed by atoms with van der Waals surface area (Å²) in [4.78, 5) is 11.1. The average molecular weight is 354 g/mol. The van der Waals surface area contributed by atoms with Crippen LogP contribution in [-0.4, -0.2) is 19.5 Å². The highest BCUT2D eigenvalue weighted by Crippen LogP contribution is 2.26. The molecule has 2 rings (SSSR count). The third kappa shape index (κ3) is 3.65. The molecule has 0 heterocycles. The maximum atomic E-state index is 12.7.